The van der Waals surface area contributed by atoms with Gasteiger partial charge in [-0.15, -0.1) is 11.3 Å². The van der Waals surface area contributed by atoms with Crippen molar-refractivity contribution in [1.29, 1.82) is 0 Å². The van der Waals surface area contributed by atoms with Crippen LogP contribution in [0.4, 0.5) is 5.69 Å². The molecule has 7 heteroatoms. The van der Waals surface area contributed by atoms with Crippen LogP contribution in [0.5, 0.6) is 11.5 Å². The highest BCUT2D eigenvalue weighted by Crippen LogP contribution is 2.29. The second kappa shape index (κ2) is 9.00. The second-order valence-electron chi connectivity index (χ2n) is 6.94. The van der Waals surface area contributed by atoms with Gasteiger partial charge in [0.2, 0.25) is 0 Å². The lowest BCUT2D eigenvalue weighted by Crippen LogP contribution is -2.40. The lowest BCUT2D eigenvalue weighted by molar-refractivity contribution is -0.138. The quantitative estimate of drug-likeness (QED) is 0.647. The molecule has 0 unspecified atom stereocenters. The van der Waals surface area contributed by atoms with Gasteiger partial charge in [-0.05, 0) is 48.7 Å². The first kappa shape index (κ1) is 20.0. The summed E-state index contributed by atoms with van der Waals surface area (Å²) in [5.41, 5.74) is 1.51. The largest absolute Gasteiger partial charge is 0.492 e. The predicted molar refractivity (Wildman–Crippen MR) is 116 cm³/mol. The molecule has 0 spiro atoms. The van der Waals surface area contributed by atoms with Crippen LogP contribution in [0.3, 0.4) is 0 Å². The molecule has 0 saturated carbocycles. The van der Waals surface area contributed by atoms with E-state index in [4.69, 9.17) is 9.47 Å². The summed E-state index contributed by atoms with van der Waals surface area (Å²) in [5.74, 6) is 1.17. The Morgan fingerprint density at radius 3 is 2.80 bits per heavy atom. The summed E-state index contributed by atoms with van der Waals surface area (Å²) in [6.45, 7) is 2.95. The Kier molecular flexibility index (Phi) is 5.99. The lowest BCUT2D eigenvalue weighted by atomic mass is 10.1. The highest BCUT2D eigenvalue weighted by molar-refractivity contribution is 7.12. The molecule has 0 radical (unpaired) electrons. The predicted octanol–water partition coefficient (Wildman–Crippen LogP) is 4.19. The van der Waals surface area contributed by atoms with E-state index in [2.05, 4.69) is 5.32 Å². The molecule has 2 aromatic carbocycles. The molecular weight excluding hydrogens is 400 g/mol. The second-order valence-corrected chi connectivity index (χ2v) is 7.88. The highest BCUT2D eigenvalue weighted by Gasteiger charge is 2.28. The van der Waals surface area contributed by atoms with E-state index in [1.807, 2.05) is 47.8 Å². The van der Waals surface area contributed by atoms with Crippen molar-refractivity contribution in [3.05, 3.63) is 76.5 Å². The maximum atomic E-state index is 12.8. The van der Waals surface area contributed by atoms with Gasteiger partial charge in [0.05, 0.1) is 11.4 Å². The number of hydrogen-bond donors (Lipinski definition) is 1. The first-order chi connectivity index (χ1) is 14.6. The zero-order valence-electron chi connectivity index (χ0n) is 16.5. The molecule has 1 aliphatic heterocycles. The van der Waals surface area contributed by atoms with Crippen LogP contribution >= 0.6 is 11.3 Å². The van der Waals surface area contributed by atoms with Crippen LogP contribution in [0.15, 0.2) is 66.0 Å². The summed E-state index contributed by atoms with van der Waals surface area (Å²) in [6, 6.07) is 18.6. The number of hydrogen-bond acceptors (Lipinski definition) is 5. The van der Waals surface area contributed by atoms with Crippen LogP contribution in [0.2, 0.25) is 0 Å². The van der Waals surface area contributed by atoms with E-state index >= 15 is 0 Å². The molecule has 2 heterocycles. The van der Waals surface area contributed by atoms with Gasteiger partial charge in [0.25, 0.3) is 11.8 Å². The van der Waals surface area contributed by atoms with E-state index < -0.39 is 6.10 Å². The molecule has 4 rings (SSSR count). The zero-order chi connectivity index (χ0) is 20.9. The van der Waals surface area contributed by atoms with Crippen LogP contribution in [0.25, 0.3) is 0 Å². The molecule has 1 aromatic heterocycles. The smallest absolute Gasteiger partial charge is 0.265 e. The fraction of sp³-hybridized carbons (Fsp3) is 0.217. The number of carbonyl (C=O) groups excluding carboxylic acids is 2. The fourth-order valence-corrected chi connectivity index (χ4v) is 3.88. The number of thiophene rings is 1. The van der Waals surface area contributed by atoms with Crippen LogP contribution in [-0.2, 0) is 11.3 Å². The van der Waals surface area contributed by atoms with Gasteiger partial charge in [-0.25, -0.2) is 0 Å². The number of nitrogens with one attached hydrogen (secondary N) is 1. The Hall–Kier alpha value is -3.32. The summed E-state index contributed by atoms with van der Waals surface area (Å²) in [5, 5.41) is 4.77. The topological polar surface area (TPSA) is 67.9 Å². The van der Waals surface area contributed by atoms with Gasteiger partial charge < -0.3 is 19.7 Å². The van der Waals surface area contributed by atoms with Gasteiger partial charge in [-0.2, -0.15) is 0 Å². The van der Waals surface area contributed by atoms with Crippen LogP contribution in [0.1, 0.15) is 22.2 Å². The van der Waals surface area contributed by atoms with E-state index in [1.54, 1.807) is 30.0 Å². The van der Waals surface area contributed by atoms with Crippen LogP contribution in [0, 0.1) is 0 Å². The van der Waals surface area contributed by atoms with Gasteiger partial charge in [0, 0.05) is 17.8 Å². The van der Waals surface area contributed by atoms with Crippen molar-refractivity contribution in [3.8, 4) is 11.5 Å². The number of para-hydroxylation sites is 1. The first-order valence-electron chi connectivity index (χ1n) is 9.71. The molecule has 0 bridgehead atoms. The van der Waals surface area contributed by atoms with Gasteiger partial charge in [0.1, 0.15) is 18.1 Å². The Balaban J connectivity index is 1.46. The summed E-state index contributed by atoms with van der Waals surface area (Å²) < 4.78 is 11.6. The standard InChI is InChI=1S/C23H22N2O4S/c1-16-23(27)25(11-12-28-19-6-3-2-4-7-19)15-17-14-18(9-10-20(17)29-16)24-22(26)21-8-5-13-30-21/h2-10,13-14,16H,11-12,15H2,1H3,(H,24,26)/t16-/m0/s1. The molecule has 3 aromatic rings. The van der Waals surface area contributed by atoms with Crippen molar-refractivity contribution in [2.45, 2.75) is 19.6 Å². The Morgan fingerprint density at radius 2 is 2.03 bits per heavy atom. The van der Waals surface area contributed by atoms with Crippen molar-refractivity contribution >= 4 is 28.8 Å². The maximum Gasteiger partial charge on any atom is 0.265 e. The molecule has 1 atom stereocenters. The van der Waals surface area contributed by atoms with E-state index in [9.17, 15) is 9.59 Å². The third-order valence-electron chi connectivity index (χ3n) is 4.76. The van der Waals surface area contributed by atoms with Crippen molar-refractivity contribution in [1.82, 2.24) is 4.90 Å². The first-order valence-corrected chi connectivity index (χ1v) is 10.6. The Bertz CT molecular complexity index is 1020. The summed E-state index contributed by atoms with van der Waals surface area (Å²) in [6.07, 6.45) is -0.588. The molecule has 0 fully saturated rings. The number of carbonyl (C=O) groups is 2. The fourth-order valence-electron chi connectivity index (χ4n) is 3.26. The van der Waals surface area contributed by atoms with Gasteiger partial charge in [0.15, 0.2) is 6.10 Å². The molecule has 0 aliphatic carbocycles. The van der Waals surface area contributed by atoms with E-state index in [0.717, 1.165) is 11.3 Å². The number of amides is 2. The third kappa shape index (κ3) is 4.63. The minimum absolute atomic E-state index is 0.0907. The maximum absolute atomic E-state index is 12.8. The molecule has 154 valence electrons. The summed E-state index contributed by atoms with van der Waals surface area (Å²) >= 11 is 1.39. The Labute approximate surface area is 179 Å². The van der Waals surface area contributed by atoms with Crippen LogP contribution < -0.4 is 14.8 Å². The molecule has 1 N–H and O–H groups in total. The van der Waals surface area contributed by atoms with E-state index in [-0.39, 0.29) is 11.8 Å². The number of ether oxygens (including phenoxy) is 2. The lowest BCUT2D eigenvalue weighted by Gasteiger charge is -2.22. The average molecular weight is 423 g/mol. The van der Waals surface area contributed by atoms with E-state index in [1.165, 1.54) is 11.3 Å². The third-order valence-corrected chi connectivity index (χ3v) is 5.63. The molecular formula is C23H22N2O4S. The minimum Gasteiger partial charge on any atom is -0.492 e. The molecule has 1 aliphatic rings. The summed E-state index contributed by atoms with van der Waals surface area (Å²) in [7, 11) is 0. The minimum atomic E-state index is -0.588. The SMILES string of the molecule is C[C@@H]1Oc2ccc(NC(=O)c3cccs3)cc2CN(CCOc2ccccc2)C1=O. The van der Waals surface area contributed by atoms with Gasteiger partial charge in [-0.3, -0.25) is 9.59 Å². The molecule has 30 heavy (non-hydrogen) atoms. The molecule has 6 nitrogen and oxygen atoms in total. The van der Waals surface area contributed by atoms with Crippen LogP contribution in [-0.4, -0.2) is 36.0 Å². The average Bonchev–Trinajstić information content (AvgIpc) is 3.26. The van der Waals surface area contributed by atoms with Crippen molar-refractivity contribution < 1.29 is 19.1 Å². The number of benzene rings is 2. The summed E-state index contributed by atoms with van der Waals surface area (Å²) in [4.78, 5) is 27.5. The van der Waals surface area contributed by atoms with Gasteiger partial charge in [-0.1, -0.05) is 24.3 Å². The normalized spacial score (nSPS) is 15.7. The number of anilines is 1. The highest BCUT2D eigenvalue weighted by atomic mass is 32.1. The van der Waals surface area contributed by atoms with Crippen molar-refractivity contribution in [2.75, 3.05) is 18.5 Å². The van der Waals surface area contributed by atoms with Crippen molar-refractivity contribution in [2.24, 2.45) is 0 Å². The number of nitrogens with zero attached hydrogens (tertiary/aromatic N) is 1. The van der Waals surface area contributed by atoms with E-state index in [0.29, 0.717) is 36.0 Å². The monoisotopic (exact) mass is 422 g/mol. The zero-order valence-corrected chi connectivity index (χ0v) is 17.4. The molecule has 2 amide bonds. The number of fused-ring (bicyclic) bond motifs is 1. The molecule has 0 saturated heterocycles. The van der Waals surface area contributed by atoms with Crippen molar-refractivity contribution in [3.63, 3.8) is 0 Å². The number of rotatable bonds is 6. The Morgan fingerprint density at radius 1 is 1.20 bits per heavy atom. The van der Waals surface area contributed by atoms with Gasteiger partial charge >= 0.3 is 0 Å².